The predicted molar refractivity (Wildman–Crippen MR) is 58.2 cm³/mol. The van der Waals surface area contributed by atoms with E-state index in [1.54, 1.807) is 0 Å². The van der Waals surface area contributed by atoms with Crippen molar-refractivity contribution in [1.82, 2.24) is 0 Å². The Morgan fingerprint density at radius 2 is 2.15 bits per heavy atom. The second-order valence-corrected chi connectivity index (χ2v) is 3.95. The number of anilines is 1. The van der Waals surface area contributed by atoms with Crippen LogP contribution in [0.3, 0.4) is 0 Å². The van der Waals surface area contributed by atoms with Gasteiger partial charge >= 0.3 is 0 Å². The lowest BCUT2D eigenvalue weighted by Crippen LogP contribution is -2.09. The van der Waals surface area contributed by atoms with Crippen molar-refractivity contribution in [3.05, 3.63) is 27.1 Å². The Balaban J connectivity index is 3.13. The van der Waals surface area contributed by atoms with Crippen LogP contribution >= 0.6 is 22.6 Å². The average Bonchev–Trinajstić information content (AvgIpc) is 1.96. The van der Waals surface area contributed by atoms with Crippen LogP contribution in [0.2, 0.25) is 0 Å². The molecule has 2 nitrogen and oxygen atoms in total. The number of amides is 1. The molecule has 0 saturated heterocycles. The van der Waals surface area contributed by atoms with Gasteiger partial charge in [-0.3, -0.25) is 4.79 Å². The van der Waals surface area contributed by atoms with Crippen LogP contribution in [0.25, 0.3) is 0 Å². The Morgan fingerprint density at radius 3 is 2.62 bits per heavy atom. The lowest BCUT2D eigenvalue weighted by atomic mass is 10.2. The second-order valence-electron chi connectivity index (χ2n) is 2.78. The molecule has 0 aliphatic heterocycles. The molecular weight excluding hydrogens is 284 g/mol. The SMILES string of the molecule is CC(=O)Nc1c(F)cc(C)cc1I. The fraction of sp³-hybridized carbons (Fsp3) is 0.222. The van der Waals surface area contributed by atoms with E-state index in [0.717, 1.165) is 5.56 Å². The maximum atomic E-state index is 13.3. The highest BCUT2D eigenvalue weighted by molar-refractivity contribution is 14.1. The normalized spacial score (nSPS) is 9.85. The summed E-state index contributed by atoms with van der Waals surface area (Å²) >= 11 is 1.99. The summed E-state index contributed by atoms with van der Waals surface area (Å²) in [5.74, 6) is -0.653. The molecule has 0 radical (unpaired) electrons. The third-order valence-corrected chi connectivity index (χ3v) is 2.34. The second kappa shape index (κ2) is 4.04. The van der Waals surface area contributed by atoms with E-state index in [1.165, 1.54) is 13.0 Å². The van der Waals surface area contributed by atoms with E-state index >= 15 is 0 Å². The molecule has 0 fully saturated rings. The van der Waals surface area contributed by atoms with Crippen molar-refractivity contribution in [2.24, 2.45) is 0 Å². The molecule has 1 rings (SSSR count). The van der Waals surface area contributed by atoms with E-state index in [9.17, 15) is 9.18 Å². The number of halogens is 2. The van der Waals surface area contributed by atoms with Crippen molar-refractivity contribution >= 4 is 34.2 Å². The quantitative estimate of drug-likeness (QED) is 0.793. The van der Waals surface area contributed by atoms with Crippen molar-refractivity contribution in [2.45, 2.75) is 13.8 Å². The molecule has 0 spiro atoms. The van der Waals surface area contributed by atoms with Crippen molar-refractivity contribution in [1.29, 1.82) is 0 Å². The van der Waals surface area contributed by atoms with Crippen molar-refractivity contribution in [3.8, 4) is 0 Å². The average molecular weight is 293 g/mol. The van der Waals surface area contributed by atoms with Gasteiger partial charge in [0.2, 0.25) is 5.91 Å². The smallest absolute Gasteiger partial charge is 0.221 e. The molecule has 13 heavy (non-hydrogen) atoms. The Morgan fingerprint density at radius 1 is 1.54 bits per heavy atom. The molecule has 0 aromatic heterocycles. The van der Waals surface area contributed by atoms with Crippen molar-refractivity contribution < 1.29 is 9.18 Å². The van der Waals surface area contributed by atoms with E-state index in [1.807, 2.05) is 35.6 Å². The molecule has 0 atom stereocenters. The molecule has 70 valence electrons. The van der Waals surface area contributed by atoms with E-state index in [4.69, 9.17) is 0 Å². The summed E-state index contributed by atoms with van der Waals surface area (Å²) in [6.45, 7) is 3.16. The number of nitrogens with one attached hydrogen (secondary N) is 1. The van der Waals surface area contributed by atoms with Crippen LogP contribution in [0.1, 0.15) is 12.5 Å². The Bertz CT molecular complexity index is 328. The first-order valence-electron chi connectivity index (χ1n) is 3.74. The summed E-state index contributed by atoms with van der Waals surface area (Å²) in [5, 5.41) is 2.45. The van der Waals surface area contributed by atoms with Gasteiger partial charge in [-0.25, -0.2) is 4.39 Å². The molecule has 0 saturated carbocycles. The van der Waals surface area contributed by atoms with Crippen LogP contribution in [0.5, 0.6) is 0 Å². The number of hydrogen-bond donors (Lipinski definition) is 1. The van der Waals surface area contributed by atoms with Crippen LogP contribution < -0.4 is 5.32 Å². The molecule has 0 bridgehead atoms. The topological polar surface area (TPSA) is 29.1 Å². The number of carbonyl (C=O) groups excluding carboxylic acids is 1. The van der Waals surface area contributed by atoms with Gasteiger partial charge in [-0.15, -0.1) is 0 Å². The minimum atomic E-state index is -0.389. The van der Waals surface area contributed by atoms with E-state index in [0.29, 0.717) is 3.57 Å². The van der Waals surface area contributed by atoms with E-state index in [-0.39, 0.29) is 17.4 Å². The highest BCUT2D eigenvalue weighted by Gasteiger charge is 2.08. The first-order valence-corrected chi connectivity index (χ1v) is 4.82. The number of carbonyl (C=O) groups is 1. The minimum absolute atomic E-state index is 0.263. The van der Waals surface area contributed by atoms with Gasteiger partial charge in [0, 0.05) is 10.5 Å². The monoisotopic (exact) mass is 293 g/mol. The molecule has 1 N–H and O–H groups in total. The molecule has 1 aromatic rings. The third-order valence-electron chi connectivity index (χ3n) is 1.49. The largest absolute Gasteiger partial charge is 0.323 e. The third kappa shape index (κ3) is 2.65. The van der Waals surface area contributed by atoms with Gasteiger partial charge in [-0.2, -0.15) is 0 Å². The molecule has 1 amide bonds. The zero-order valence-electron chi connectivity index (χ0n) is 7.32. The molecule has 1 aromatic carbocycles. The van der Waals surface area contributed by atoms with Gasteiger partial charge in [-0.05, 0) is 47.2 Å². The van der Waals surface area contributed by atoms with Gasteiger partial charge in [0.1, 0.15) is 5.82 Å². The highest BCUT2D eigenvalue weighted by Crippen LogP contribution is 2.23. The van der Waals surface area contributed by atoms with E-state index < -0.39 is 0 Å². The number of rotatable bonds is 1. The van der Waals surface area contributed by atoms with Crippen molar-refractivity contribution in [2.75, 3.05) is 5.32 Å². The molecular formula is C9H9FINO. The Labute approximate surface area is 89.7 Å². The molecule has 0 heterocycles. The summed E-state index contributed by atoms with van der Waals surface area (Å²) in [7, 11) is 0. The lowest BCUT2D eigenvalue weighted by Gasteiger charge is -2.07. The van der Waals surface area contributed by atoms with Crippen molar-refractivity contribution in [3.63, 3.8) is 0 Å². The van der Waals surface area contributed by atoms with Gasteiger partial charge in [-0.1, -0.05) is 0 Å². The van der Waals surface area contributed by atoms with Crippen LogP contribution in [-0.4, -0.2) is 5.91 Å². The molecule has 0 unspecified atom stereocenters. The maximum Gasteiger partial charge on any atom is 0.221 e. The number of benzene rings is 1. The molecule has 0 aliphatic carbocycles. The lowest BCUT2D eigenvalue weighted by molar-refractivity contribution is -0.114. The maximum absolute atomic E-state index is 13.3. The van der Waals surface area contributed by atoms with E-state index in [2.05, 4.69) is 5.32 Å². The zero-order valence-corrected chi connectivity index (χ0v) is 9.48. The molecule has 4 heteroatoms. The van der Waals surface area contributed by atoms with Crippen LogP contribution in [-0.2, 0) is 4.79 Å². The number of hydrogen-bond acceptors (Lipinski definition) is 1. The Kier molecular flexibility index (Phi) is 3.24. The fourth-order valence-electron chi connectivity index (χ4n) is 0.995. The predicted octanol–water partition coefficient (Wildman–Crippen LogP) is 2.70. The standard InChI is InChI=1S/C9H9FINO/c1-5-3-7(10)9(8(11)4-5)12-6(2)13/h3-4H,1-2H3,(H,12,13). The molecule has 0 aliphatic rings. The Hall–Kier alpha value is -0.650. The minimum Gasteiger partial charge on any atom is -0.323 e. The fourth-order valence-corrected chi connectivity index (χ4v) is 1.88. The van der Waals surface area contributed by atoms with Gasteiger partial charge in [0.05, 0.1) is 5.69 Å². The summed E-state index contributed by atoms with van der Waals surface area (Å²) in [4.78, 5) is 10.7. The van der Waals surface area contributed by atoms with Gasteiger partial charge < -0.3 is 5.32 Å². The number of aryl methyl sites for hydroxylation is 1. The summed E-state index contributed by atoms with van der Waals surface area (Å²) in [6, 6.07) is 3.21. The first kappa shape index (κ1) is 10.4. The summed E-state index contributed by atoms with van der Waals surface area (Å²) in [5.41, 5.74) is 1.11. The van der Waals surface area contributed by atoms with Gasteiger partial charge in [0.25, 0.3) is 0 Å². The zero-order chi connectivity index (χ0) is 10.0. The van der Waals surface area contributed by atoms with Crippen LogP contribution in [0, 0.1) is 16.3 Å². The first-order chi connectivity index (χ1) is 6.00. The summed E-state index contributed by atoms with van der Waals surface area (Å²) in [6.07, 6.45) is 0. The van der Waals surface area contributed by atoms with Crippen LogP contribution in [0.4, 0.5) is 10.1 Å². The van der Waals surface area contributed by atoms with Crippen LogP contribution in [0.15, 0.2) is 12.1 Å². The van der Waals surface area contributed by atoms with Gasteiger partial charge in [0.15, 0.2) is 0 Å². The highest BCUT2D eigenvalue weighted by atomic mass is 127. The summed E-state index contributed by atoms with van der Waals surface area (Å²) < 4.78 is 14.0.